The molecule has 1 amide bonds. The molecule has 6 nitrogen and oxygen atoms in total. The molecule has 0 bridgehead atoms. The summed E-state index contributed by atoms with van der Waals surface area (Å²) in [7, 11) is 0. The highest BCUT2D eigenvalue weighted by Crippen LogP contribution is 2.19. The first-order valence-electron chi connectivity index (χ1n) is 28.2. The molecule has 0 aliphatic heterocycles. The van der Waals surface area contributed by atoms with Crippen LogP contribution in [0.15, 0.2) is 36.5 Å². The van der Waals surface area contributed by atoms with E-state index in [0.717, 1.165) is 64.2 Å². The van der Waals surface area contributed by atoms with E-state index in [2.05, 4.69) is 62.5 Å². The summed E-state index contributed by atoms with van der Waals surface area (Å²) in [5, 5.41) is 23.8. The third-order valence-corrected chi connectivity index (χ3v) is 13.0. The van der Waals surface area contributed by atoms with Crippen molar-refractivity contribution in [2.24, 2.45) is 0 Å². The molecule has 3 unspecified atom stereocenters. The first kappa shape index (κ1) is 62.1. The van der Waals surface area contributed by atoms with Gasteiger partial charge in [-0.05, 0) is 51.4 Å². The lowest BCUT2D eigenvalue weighted by Gasteiger charge is -2.24. The van der Waals surface area contributed by atoms with Gasteiger partial charge in [-0.3, -0.25) is 9.59 Å². The number of hydrogen-bond donors (Lipinski definition) is 3. The average molecular weight is 901 g/mol. The number of allylic oxidation sites excluding steroid dienone is 6. The van der Waals surface area contributed by atoms with Crippen molar-refractivity contribution in [3.05, 3.63) is 36.5 Å². The van der Waals surface area contributed by atoms with Crippen LogP contribution in [-0.4, -0.2) is 46.9 Å². The van der Waals surface area contributed by atoms with Gasteiger partial charge in [-0.25, -0.2) is 0 Å². The van der Waals surface area contributed by atoms with Crippen LogP contribution in [0.1, 0.15) is 297 Å². The van der Waals surface area contributed by atoms with E-state index in [9.17, 15) is 19.8 Å². The molecule has 0 aromatic heterocycles. The smallest absolute Gasteiger partial charge is 0.306 e. The van der Waals surface area contributed by atoms with Crippen LogP contribution in [0.25, 0.3) is 0 Å². The zero-order chi connectivity index (χ0) is 46.7. The number of aliphatic hydroxyl groups excluding tert-OH is 2. The second-order valence-corrected chi connectivity index (χ2v) is 19.4. The van der Waals surface area contributed by atoms with Gasteiger partial charge in [-0.15, -0.1) is 0 Å². The topological polar surface area (TPSA) is 95.9 Å². The number of ether oxygens (including phenoxy) is 1. The van der Waals surface area contributed by atoms with Crippen molar-refractivity contribution in [2.45, 2.75) is 315 Å². The minimum Gasteiger partial charge on any atom is -0.462 e. The molecule has 0 saturated heterocycles. The lowest BCUT2D eigenvalue weighted by molar-refractivity contribution is -0.151. The summed E-state index contributed by atoms with van der Waals surface area (Å²) in [6, 6.07) is -0.703. The molecule has 376 valence electrons. The zero-order valence-electron chi connectivity index (χ0n) is 42.9. The number of aliphatic hydroxyl groups is 2. The summed E-state index contributed by atoms with van der Waals surface area (Å²) in [6.45, 7) is 6.49. The van der Waals surface area contributed by atoms with Crippen LogP contribution in [0.2, 0.25) is 0 Å². The van der Waals surface area contributed by atoms with E-state index in [1.807, 2.05) is 0 Å². The van der Waals surface area contributed by atoms with Crippen LogP contribution >= 0.6 is 0 Å². The molecule has 0 fully saturated rings. The van der Waals surface area contributed by atoms with E-state index in [1.54, 1.807) is 0 Å². The van der Waals surface area contributed by atoms with Gasteiger partial charge in [0, 0.05) is 6.42 Å². The molecule has 3 N–H and O–H groups in total. The van der Waals surface area contributed by atoms with Crippen LogP contribution in [0.5, 0.6) is 0 Å². The standard InChI is InChI=1S/C58H109NO5/c1-4-7-10-13-16-19-22-25-27-28-29-31-33-36-39-42-45-48-51-58(63)64-54(49-46-43-40-37-34-32-30-26-23-20-17-14-11-8-5-2)52-57(62)59-55(53-60)56(61)50-47-44-41-38-35-24-21-18-15-12-9-6-3/h22,25,27-29,31,54-56,60-61H,4-21,23-24,26,30,32-53H2,1-3H3,(H,59,62)/b25-22+,28-27+,31-29+. The summed E-state index contributed by atoms with van der Waals surface area (Å²) in [5.41, 5.74) is 0. The molecular weight excluding hydrogens is 791 g/mol. The maximum absolute atomic E-state index is 13.2. The molecule has 0 heterocycles. The fraction of sp³-hybridized carbons (Fsp3) is 0.862. The minimum absolute atomic E-state index is 0.0737. The minimum atomic E-state index is -0.788. The van der Waals surface area contributed by atoms with E-state index in [1.165, 1.54) is 186 Å². The third-order valence-electron chi connectivity index (χ3n) is 13.0. The largest absolute Gasteiger partial charge is 0.462 e. The Morgan fingerprint density at radius 3 is 1.19 bits per heavy atom. The zero-order valence-corrected chi connectivity index (χ0v) is 42.9. The van der Waals surface area contributed by atoms with Gasteiger partial charge in [0.25, 0.3) is 0 Å². The summed E-state index contributed by atoms with van der Waals surface area (Å²) in [5.74, 6) is -0.481. The Hall–Kier alpha value is -1.92. The number of rotatable bonds is 51. The quantitative estimate of drug-likeness (QED) is 0.0321. The predicted molar refractivity (Wildman–Crippen MR) is 278 cm³/mol. The first-order chi connectivity index (χ1) is 31.5. The van der Waals surface area contributed by atoms with Gasteiger partial charge in [0.05, 0.1) is 25.2 Å². The molecule has 0 aromatic carbocycles. The van der Waals surface area contributed by atoms with Crippen molar-refractivity contribution in [1.29, 1.82) is 0 Å². The monoisotopic (exact) mass is 900 g/mol. The van der Waals surface area contributed by atoms with E-state index in [-0.39, 0.29) is 24.9 Å². The maximum Gasteiger partial charge on any atom is 0.306 e. The molecule has 0 saturated carbocycles. The Morgan fingerprint density at radius 1 is 0.453 bits per heavy atom. The number of esters is 1. The second kappa shape index (κ2) is 52.1. The van der Waals surface area contributed by atoms with E-state index in [0.29, 0.717) is 19.3 Å². The Balaban J connectivity index is 4.58. The fourth-order valence-electron chi connectivity index (χ4n) is 8.73. The second-order valence-electron chi connectivity index (χ2n) is 19.4. The Labute approximate surface area is 398 Å². The molecule has 0 aromatic rings. The lowest BCUT2D eigenvalue weighted by Crippen LogP contribution is -2.46. The van der Waals surface area contributed by atoms with Gasteiger partial charge >= 0.3 is 5.97 Å². The van der Waals surface area contributed by atoms with Crippen LogP contribution in [-0.2, 0) is 14.3 Å². The Kier molecular flexibility index (Phi) is 50.5. The third kappa shape index (κ3) is 46.6. The Morgan fingerprint density at radius 2 is 0.797 bits per heavy atom. The normalized spacial score (nSPS) is 13.4. The molecule has 0 rings (SSSR count). The number of hydrogen-bond acceptors (Lipinski definition) is 5. The number of nitrogens with one attached hydrogen (secondary N) is 1. The average Bonchev–Trinajstić information content (AvgIpc) is 3.29. The van der Waals surface area contributed by atoms with Gasteiger partial charge in [0.2, 0.25) is 5.91 Å². The van der Waals surface area contributed by atoms with Crippen molar-refractivity contribution in [1.82, 2.24) is 5.32 Å². The van der Waals surface area contributed by atoms with Crippen molar-refractivity contribution < 1.29 is 24.5 Å². The van der Waals surface area contributed by atoms with Gasteiger partial charge < -0.3 is 20.3 Å². The molecule has 0 spiro atoms. The molecule has 6 heteroatoms. The fourth-order valence-corrected chi connectivity index (χ4v) is 8.73. The van der Waals surface area contributed by atoms with E-state index >= 15 is 0 Å². The highest BCUT2D eigenvalue weighted by atomic mass is 16.5. The summed E-state index contributed by atoms with van der Waals surface area (Å²) < 4.78 is 5.95. The highest BCUT2D eigenvalue weighted by Gasteiger charge is 2.24. The molecule has 3 atom stereocenters. The van der Waals surface area contributed by atoms with Crippen molar-refractivity contribution in [3.8, 4) is 0 Å². The van der Waals surface area contributed by atoms with Crippen molar-refractivity contribution in [2.75, 3.05) is 6.61 Å². The predicted octanol–water partition coefficient (Wildman–Crippen LogP) is 17.2. The number of carbonyl (C=O) groups excluding carboxylic acids is 2. The number of unbranched alkanes of at least 4 members (excludes halogenated alkanes) is 35. The van der Waals surface area contributed by atoms with Gasteiger partial charge in [0.15, 0.2) is 0 Å². The maximum atomic E-state index is 13.2. The molecule has 0 aliphatic carbocycles. The van der Waals surface area contributed by atoms with Crippen molar-refractivity contribution in [3.63, 3.8) is 0 Å². The van der Waals surface area contributed by atoms with Crippen molar-refractivity contribution >= 4 is 11.9 Å². The molecular formula is C58H109NO5. The summed E-state index contributed by atoms with van der Waals surface area (Å²) in [6.07, 6.45) is 62.0. The van der Waals surface area contributed by atoms with Crippen LogP contribution in [0.4, 0.5) is 0 Å². The van der Waals surface area contributed by atoms with Crippen LogP contribution in [0, 0.1) is 0 Å². The molecule has 0 aliphatic rings. The van der Waals surface area contributed by atoms with Crippen LogP contribution in [0.3, 0.4) is 0 Å². The van der Waals surface area contributed by atoms with Gasteiger partial charge in [-0.1, -0.05) is 269 Å². The van der Waals surface area contributed by atoms with E-state index < -0.39 is 18.2 Å². The number of carbonyl (C=O) groups is 2. The molecule has 64 heavy (non-hydrogen) atoms. The van der Waals surface area contributed by atoms with Gasteiger partial charge in [-0.2, -0.15) is 0 Å². The Bertz CT molecular complexity index is 1060. The summed E-state index contributed by atoms with van der Waals surface area (Å²) >= 11 is 0. The van der Waals surface area contributed by atoms with Gasteiger partial charge in [0.1, 0.15) is 6.10 Å². The summed E-state index contributed by atoms with van der Waals surface area (Å²) in [4.78, 5) is 26.2. The number of amides is 1. The first-order valence-corrected chi connectivity index (χ1v) is 28.2. The SMILES string of the molecule is CCCCCCC/C=C/C=C/C=C/CCCCCCCC(=O)OC(CCCCCCCCCCCCCCCCC)CC(=O)NC(CO)C(O)CCCCCCCCCCCCCC. The highest BCUT2D eigenvalue weighted by molar-refractivity contribution is 5.77. The lowest BCUT2D eigenvalue weighted by atomic mass is 10.0. The van der Waals surface area contributed by atoms with E-state index in [4.69, 9.17) is 4.74 Å². The van der Waals surface area contributed by atoms with Crippen LogP contribution < -0.4 is 5.32 Å². The molecule has 0 radical (unpaired) electrons.